The van der Waals surface area contributed by atoms with Gasteiger partial charge in [0, 0.05) is 24.0 Å². The molecule has 0 aromatic heterocycles. The Morgan fingerprint density at radius 2 is 1.89 bits per heavy atom. The van der Waals surface area contributed by atoms with Crippen LogP contribution in [0.4, 0.5) is 13.2 Å². The highest BCUT2D eigenvalue weighted by molar-refractivity contribution is 6.09. The first-order valence-corrected chi connectivity index (χ1v) is 5.67. The van der Waals surface area contributed by atoms with Gasteiger partial charge in [0.15, 0.2) is 0 Å². The van der Waals surface area contributed by atoms with Crippen molar-refractivity contribution in [3.8, 4) is 0 Å². The van der Waals surface area contributed by atoms with Crippen LogP contribution < -0.4 is 5.32 Å². The third-order valence-corrected chi connectivity index (χ3v) is 2.93. The van der Waals surface area contributed by atoms with Crippen LogP contribution in [0.25, 0.3) is 5.57 Å². The molecule has 1 aliphatic rings. The first kappa shape index (κ1) is 12.7. The summed E-state index contributed by atoms with van der Waals surface area (Å²) in [5.74, 6) is 0. The Kier molecular flexibility index (Phi) is 3.41. The summed E-state index contributed by atoms with van der Waals surface area (Å²) in [5.41, 5.74) is 1.58. The van der Waals surface area contributed by atoms with E-state index in [1.807, 2.05) is 0 Å². The second-order valence-electron chi connectivity index (χ2n) is 4.14. The van der Waals surface area contributed by atoms with Crippen molar-refractivity contribution in [2.75, 3.05) is 6.54 Å². The lowest BCUT2D eigenvalue weighted by atomic mass is 10.0. The van der Waals surface area contributed by atoms with Gasteiger partial charge in [0.05, 0.1) is 5.56 Å². The minimum absolute atomic E-state index is 0.641. The third-order valence-electron chi connectivity index (χ3n) is 2.93. The van der Waals surface area contributed by atoms with Crippen LogP contribution in [-0.4, -0.2) is 12.8 Å². The van der Waals surface area contributed by atoms with E-state index in [4.69, 9.17) is 5.41 Å². The lowest BCUT2D eigenvalue weighted by Gasteiger charge is -2.10. The van der Waals surface area contributed by atoms with Gasteiger partial charge in [0.2, 0.25) is 0 Å². The van der Waals surface area contributed by atoms with Crippen LogP contribution in [0.5, 0.6) is 0 Å². The number of allylic oxidation sites excluding steroid dienone is 2. The van der Waals surface area contributed by atoms with E-state index in [1.54, 1.807) is 0 Å². The van der Waals surface area contributed by atoms with Crippen molar-refractivity contribution >= 4 is 11.8 Å². The summed E-state index contributed by atoms with van der Waals surface area (Å²) in [7, 11) is 0. The first-order chi connectivity index (χ1) is 8.52. The summed E-state index contributed by atoms with van der Waals surface area (Å²) in [6.07, 6.45) is -1.29. The Hall–Kier alpha value is -1.78. The summed E-state index contributed by atoms with van der Waals surface area (Å²) < 4.78 is 37.3. The van der Waals surface area contributed by atoms with E-state index in [1.165, 1.54) is 18.3 Å². The maximum atomic E-state index is 12.4. The van der Waals surface area contributed by atoms with Crippen LogP contribution in [0, 0.1) is 5.41 Å². The van der Waals surface area contributed by atoms with E-state index in [9.17, 15) is 13.2 Å². The number of nitrogens with one attached hydrogen (secondary N) is 2. The molecule has 5 heteroatoms. The normalized spacial score (nSPS) is 18.4. The molecule has 1 saturated heterocycles. The zero-order valence-corrected chi connectivity index (χ0v) is 9.64. The Morgan fingerprint density at radius 1 is 1.22 bits per heavy atom. The smallest absolute Gasteiger partial charge is 0.388 e. The quantitative estimate of drug-likeness (QED) is 0.779. The van der Waals surface area contributed by atoms with Crippen LogP contribution in [-0.2, 0) is 6.18 Å². The van der Waals surface area contributed by atoms with Crippen molar-refractivity contribution in [3.63, 3.8) is 0 Å². The molecule has 0 radical (unpaired) electrons. The molecule has 2 N–H and O–H groups in total. The van der Waals surface area contributed by atoms with Gasteiger partial charge in [0.1, 0.15) is 0 Å². The summed E-state index contributed by atoms with van der Waals surface area (Å²) in [5, 5.41) is 10.6. The van der Waals surface area contributed by atoms with Gasteiger partial charge in [0.25, 0.3) is 0 Å². The third kappa shape index (κ3) is 2.55. The van der Waals surface area contributed by atoms with Crippen molar-refractivity contribution < 1.29 is 13.2 Å². The molecule has 0 amide bonds. The summed E-state index contributed by atoms with van der Waals surface area (Å²) >= 11 is 0. The van der Waals surface area contributed by atoms with Gasteiger partial charge in [-0.3, -0.25) is 0 Å². The van der Waals surface area contributed by atoms with Crippen molar-refractivity contribution in [2.24, 2.45) is 0 Å². The van der Waals surface area contributed by atoms with Gasteiger partial charge in [-0.2, -0.15) is 13.2 Å². The molecule has 1 aromatic rings. The molecule has 0 aliphatic carbocycles. The highest BCUT2D eigenvalue weighted by Crippen LogP contribution is 2.30. The van der Waals surface area contributed by atoms with Crippen molar-refractivity contribution in [1.82, 2.24) is 5.32 Å². The highest BCUT2D eigenvalue weighted by Gasteiger charge is 2.30. The first-order valence-electron chi connectivity index (χ1n) is 5.67. The molecule has 2 nitrogen and oxygen atoms in total. The van der Waals surface area contributed by atoms with Crippen LogP contribution >= 0.6 is 0 Å². The largest absolute Gasteiger partial charge is 0.416 e. The minimum atomic E-state index is -4.32. The average Bonchev–Trinajstić information content (AvgIpc) is 2.83. The number of halogens is 3. The van der Waals surface area contributed by atoms with Crippen LogP contribution in [0.1, 0.15) is 24.0 Å². The fourth-order valence-corrected chi connectivity index (χ4v) is 2.01. The lowest BCUT2D eigenvalue weighted by Crippen LogP contribution is -2.08. The van der Waals surface area contributed by atoms with Crippen molar-refractivity contribution in [2.45, 2.75) is 19.0 Å². The van der Waals surface area contributed by atoms with E-state index < -0.39 is 11.7 Å². The standard InChI is InChI=1S/C13H13F3N2/c14-13(15,16)10-5-3-9(4-6-10)11(8-17)12-2-1-7-18-12/h3-6,8,17-18H,1-2,7H2/b12-11+,17-8?. The molecule has 18 heavy (non-hydrogen) atoms. The van der Waals surface area contributed by atoms with Gasteiger partial charge >= 0.3 is 6.18 Å². The van der Waals surface area contributed by atoms with E-state index in [0.717, 1.165) is 37.2 Å². The predicted molar refractivity (Wildman–Crippen MR) is 64.4 cm³/mol. The topological polar surface area (TPSA) is 35.9 Å². The Bertz CT molecular complexity index is 464. The zero-order valence-electron chi connectivity index (χ0n) is 9.64. The second-order valence-corrected chi connectivity index (χ2v) is 4.14. The number of rotatable bonds is 2. The van der Waals surface area contributed by atoms with E-state index >= 15 is 0 Å². The molecule has 2 rings (SSSR count). The van der Waals surface area contributed by atoms with Crippen molar-refractivity contribution in [1.29, 1.82) is 5.41 Å². The fourth-order valence-electron chi connectivity index (χ4n) is 2.01. The fraction of sp³-hybridized carbons (Fsp3) is 0.308. The van der Waals surface area contributed by atoms with Gasteiger partial charge < -0.3 is 10.7 Å². The summed E-state index contributed by atoms with van der Waals surface area (Å²) in [6.45, 7) is 0.854. The minimum Gasteiger partial charge on any atom is -0.388 e. The van der Waals surface area contributed by atoms with Crippen LogP contribution in [0.2, 0.25) is 0 Å². The molecule has 1 heterocycles. The van der Waals surface area contributed by atoms with Gasteiger partial charge in [-0.05, 0) is 30.5 Å². The number of hydrogen-bond donors (Lipinski definition) is 2. The molecule has 1 aliphatic heterocycles. The lowest BCUT2D eigenvalue weighted by molar-refractivity contribution is -0.137. The van der Waals surface area contributed by atoms with Crippen LogP contribution in [0.15, 0.2) is 30.0 Å². The molecule has 0 spiro atoms. The molecule has 1 fully saturated rings. The molecule has 0 atom stereocenters. The Morgan fingerprint density at radius 3 is 2.33 bits per heavy atom. The van der Waals surface area contributed by atoms with Gasteiger partial charge in [-0.1, -0.05) is 12.1 Å². The second kappa shape index (κ2) is 4.84. The van der Waals surface area contributed by atoms with Crippen LogP contribution in [0.3, 0.4) is 0 Å². The van der Waals surface area contributed by atoms with E-state index in [0.29, 0.717) is 11.1 Å². The number of benzene rings is 1. The number of alkyl halides is 3. The molecule has 0 saturated carbocycles. The Balaban J connectivity index is 2.34. The maximum absolute atomic E-state index is 12.4. The maximum Gasteiger partial charge on any atom is 0.416 e. The molecular formula is C13H13F3N2. The summed E-state index contributed by atoms with van der Waals surface area (Å²) in [6, 6.07) is 4.93. The van der Waals surface area contributed by atoms with E-state index in [2.05, 4.69) is 5.32 Å². The monoisotopic (exact) mass is 254 g/mol. The molecular weight excluding hydrogens is 241 g/mol. The molecule has 96 valence electrons. The molecule has 1 aromatic carbocycles. The predicted octanol–water partition coefficient (Wildman–Crippen LogP) is 3.45. The van der Waals surface area contributed by atoms with Gasteiger partial charge in [-0.25, -0.2) is 0 Å². The van der Waals surface area contributed by atoms with E-state index in [-0.39, 0.29) is 0 Å². The summed E-state index contributed by atoms with van der Waals surface area (Å²) in [4.78, 5) is 0. The zero-order chi connectivity index (χ0) is 13.2. The Labute approximate surface area is 103 Å². The van der Waals surface area contributed by atoms with Crippen molar-refractivity contribution in [3.05, 3.63) is 41.1 Å². The SMILES string of the molecule is N=C/C(=C1/CCCN1)c1ccc(C(F)(F)F)cc1. The molecule has 0 bridgehead atoms. The average molecular weight is 254 g/mol. The van der Waals surface area contributed by atoms with Gasteiger partial charge in [-0.15, -0.1) is 0 Å². The number of hydrogen-bond acceptors (Lipinski definition) is 2. The molecule has 0 unspecified atom stereocenters. The highest BCUT2D eigenvalue weighted by atomic mass is 19.4.